The summed E-state index contributed by atoms with van der Waals surface area (Å²) in [5.74, 6) is 1.31. The Labute approximate surface area is 196 Å². The Morgan fingerprint density at radius 2 is 1.04 bits per heavy atom. The van der Waals surface area contributed by atoms with Gasteiger partial charge in [0.05, 0.1) is 13.2 Å². The molecule has 10 heteroatoms. The van der Waals surface area contributed by atoms with E-state index in [-0.39, 0.29) is 52.8 Å². The summed E-state index contributed by atoms with van der Waals surface area (Å²) in [6.45, 7) is 14.3. The van der Waals surface area contributed by atoms with E-state index in [1.807, 2.05) is 13.8 Å². The number of nitrogens with zero attached hydrogens (tertiary/aromatic N) is 2. The van der Waals surface area contributed by atoms with E-state index < -0.39 is 0 Å². The summed E-state index contributed by atoms with van der Waals surface area (Å²) in [7, 11) is 0. The van der Waals surface area contributed by atoms with E-state index in [4.69, 9.17) is 10.5 Å². The van der Waals surface area contributed by atoms with Crippen molar-refractivity contribution in [2.45, 2.75) is 27.7 Å². The van der Waals surface area contributed by atoms with Crippen LogP contribution >= 0.6 is 0 Å². The van der Waals surface area contributed by atoms with Gasteiger partial charge in [0, 0.05) is 67.5 Å². The van der Waals surface area contributed by atoms with Gasteiger partial charge in [-0.1, -0.05) is 24.6 Å². The average molecular weight is 583 g/mol. The standard InChI is InChI=1S/2C7H11O2.2CHNS.2Pd/c2*1-6(2)4-5-9-7(3)8;2*2-1-3;;/h2*4H,1,5H2,2-3H3;2*3H;;/p-2. The predicted molar refractivity (Wildman–Crippen MR) is 96.4 cm³/mol. The molecule has 6 nitrogen and oxygen atoms in total. The first kappa shape index (κ1) is 40.4. The van der Waals surface area contributed by atoms with E-state index in [2.05, 4.69) is 48.6 Å². The van der Waals surface area contributed by atoms with Crippen LogP contribution in [0.4, 0.5) is 0 Å². The molecule has 0 bridgehead atoms. The van der Waals surface area contributed by atoms with E-state index in [0.717, 1.165) is 11.8 Å². The zero-order valence-electron chi connectivity index (χ0n) is 15.0. The molecule has 0 heterocycles. The summed E-state index contributed by atoms with van der Waals surface area (Å²) in [4.78, 5) is 20.3. The van der Waals surface area contributed by atoms with Crippen molar-refractivity contribution in [3.63, 3.8) is 0 Å². The number of hydrogen-bond acceptors (Lipinski definition) is 8. The first-order valence-corrected chi connectivity index (χ1v) is 7.17. The molecule has 0 saturated heterocycles. The molecule has 0 aromatic heterocycles. The van der Waals surface area contributed by atoms with Crippen LogP contribution in [0.2, 0.25) is 0 Å². The number of rotatable bonds is 6. The maximum absolute atomic E-state index is 10.2. The van der Waals surface area contributed by atoms with E-state index >= 15 is 0 Å². The fraction of sp³-hybridized carbons (Fsp3) is 0.375. The fourth-order valence-corrected chi connectivity index (χ4v) is 0.603. The summed E-state index contributed by atoms with van der Waals surface area (Å²) in [6.07, 6.45) is 3.50. The number of thiocyanates is 2. The van der Waals surface area contributed by atoms with Gasteiger partial charge in [-0.3, -0.25) is 9.59 Å². The molecule has 0 unspecified atom stereocenters. The summed E-state index contributed by atoms with van der Waals surface area (Å²) >= 11 is 7.40. The third-order valence-electron chi connectivity index (χ3n) is 1.44. The van der Waals surface area contributed by atoms with E-state index in [1.54, 1.807) is 12.8 Å². The van der Waals surface area contributed by atoms with E-state index in [0.29, 0.717) is 13.2 Å². The molecule has 0 aliphatic carbocycles. The second-order valence-electron chi connectivity index (χ2n) is 3.89. The molecule has 0 N–H and O–H groups in total. The van der Waals surface area contributed by atoms with Gasteiger partial charge in [0.1, 0.15) is 0 Å². The number of carbonyl (C=O) groups is 2. The first-order valence-electron chi connectivity index (χ1n) is 6.35. The Kier molecular flexibility index (Phi) is 55.5. The van der Waals surface area contributed by atoms with Crippen molar-refractivity contribution in [3.8, 4) is 10.8 Å². The minimum Gasteiger partial charge on any atom is -0.696 e. The molecule has 26 heavy (non-hydrogen) atoms. The van der Waals surface area contributed by atoms with Gasteiger partial charge in [-0.25, -0.2) is 10.5 Å². The molecule has 0 amide bonds. The van der Waals surface area contributed by atoms with Gasteiger partial charge in [-0.05, 0) is 25.7 Å². The molecule has 0 aromatic carbocycles. The number of ether oxygens (including phenoxy) is 2. The van der Waals surface area contributed by atoms with Crippen molar-refractivity contribution in [1.29, 1.82) is 10.5 Å². The van der Waals surface area contributed by atoms with Crippen molar-refractivity contribution < 1.29 is 59.9 Å². The van der Waals surface area contributed by atoms with Gasteiger partial charge in [0.2, 0.25) is 0 Å². The normalized spacial score (nSPS) is 7.31. The molecule has 0 atom stereocenters. The van der Waals surface area contributed by atoms with Gasteiger partial charge >= 0.3 is 11.9 Å². The molecule has 6 radical (unpaired) electrons. The number of esters is 2. The number of hydrogen-bond donors (Lipinski definition) is 0. The zero-order valence-corrected chi connectivity index (χ0v) is 19.7. The molecule has 0 aliphatic heterocycles. The van der Waals surface area contributed by atoms with Crippen LogP contribution in [0.15, 0.2) is 0 Å². The largest absolute Gasteiger partial charge is 0.696 e. The maximum Gasteiger partial charge on any atom is 0.302 e. The molecular formula is C16H22N2O4Pd2S2-2. The van der Waals surface area contributed by atoms with Crippen molar-refractivity contribution in [2.75, 3.05) is 13.2 Å². The van der Waals surface area contributed by atoms with Crippen molar-refractivity contribution in [2.24, 2.45) is 0 Å². The topological polar surface area (TPSA) is 100 Å². The Morgan fingerprint density at radius 1 is 0.846 bits per heavy atom. The van der Waals surface area contributed by atoms with Crippen LogP contribution in [0.25, 0.3) is 0 Å². The van der Waals surface area contributed by atoms with Crippen LogP contribution in [0.3, 0.4) is 0 Å². The van der Waals surface area contributed by atoms with Gasteiger partial charge < -0.3 is 34.7 Å². The SMILES string of the molecule is N#C[S-].N#C[S-].[CH2][C](C)[CH]COC(C)=O.[CH2][C](C)[CH]COC(C)=O.[Pd].[Pd]. The van der Waals surface area contributed by atoms with Gasteiger partial charge in [-0.15, -0.1) is 0 Å². The molecule has 0 spiro atoms. The zero-order chi connectivity index (χ0) is 20.0. The van der Waals surface area contributed by atoms with Gasteiger partial charge in [0.15, 0.2) is 0 Å². The minimum absolute atomic E-state index is 0. The minimum atomic E-state index is -0.257. The second kappa shape index (κ2) is 35.7. The smallest absolute Gasteiger partial charge is 0.302 e. The van der Waals surface area contributed by atoms with Crippen molar-refractivity contribution >= 4 is 37.2 Å². The molecule has 0 aromatic rings. The maximum atomic E-state index is 10.2. The Morgan fingerprint density at radius 3 is 1.15 bits per heavy atom. The van der Waals surface area contributed by atoms with Crippen LogP contribution in [-0.2, 0) is 85.2 Å². The van der Waals surface area contributed by atoms with Crippen LogP contribution in [-0.4, -0.2) is 25.2 Å². The quantitative estimate of drug-likeness (QED) is 0.204. The molecule has 0 rings (SSSR count). The van der Waals surface area contributed by atoms with Crippen LogP contribution < -0.4 is 0 Å². The van der Waals surface area contributed by atoms with Crippen molar-refractivity contribution in [1.82, 2.24) is 0 Å². The third kappa shape index (κ3) is 89.3. The summed E-state index contributed by atoms with van der Waals surface area (Å²) in [6, 6.07) is 0. The summed E-state index contributed by atoms with van der Waals surface area (Å²) in [5, 5.41) is 16.9. The molecule has 0 aliphatic rings. The van der Waals surface area contributed by atoms with E-state index in [1.165, 1.54) is 24.6 Å². The van der Waals surface area contributed by atoms with E-state index in [9.17, 15) is 9.59 Å². The Balaban J connectivity index is -0.0000000558. The van der Waals surface area contributed by atoms with Crippen LogP contribution in [0.1, 0.15) is 27.7 Å². The summed E-state index contributed by atoms with van der Waals surface area (Å²) < 4.78 is 9.19. The van der Waals surface area contributed by atoms with Crippen LogP contribution in [0.5, 0.6) is 0 Å². The third-order valence-corrected chi connectivity index (χ3v) is 1.44. The monoisotopic (exact) mass is 582 g/mol. The first-order chi connectivity index (χ1) is 11.1. The average Bonchev–Trinajstić information content (AvgIpc) is 2.39. The Bertz CT molecular complexity index is 349. The van der Waals surface area contributed by atoms with Gasteiger partial charge in [-0.2, -0.15) is 0 Å². The number of nitriles is 2. The predicted octanol–water partition coefficient (Wildman–Crippen LogP) is 2.39. The number of carbonyl (C=O) groups excluding carboxylic acids is 2. The molecule has 154 valence electrons. The fourth-order valence-electron chi connectivity index (χ4n) is 0.603. The summed E-state index contributed by atoms with van der Waals surface area (Å²) in [5.41, 5.74) is 0. The van der Waals surface area contributed by atoms with Crippen molar-refractivity contribution in [3.05, 3.63) is 38.5 Å². The van der Waals surface area contributed by atoms with Crippen LogP contribution in [0, 0.1) is 59.9 Å². The second-order valence-corrected chi connectivity index (χ2v) is 4.25. The molecule has 0 fully saturated rings. The van der Waals surface area contributed by atoms with Gasteiger partial charge in [0.25, 0.3) is 0 Å². The molecular weight excluding hydrogens is 561 g/mol. The molecule has 0 saturated carbocycles. The Hall–Kier alpha value is -0.315.